The van der Waals surface area contributed by atoms with Gasteiger partial charge in [0.1, 0.15) is 5.82 Å². The molecule has 0 atom stereocenters. The highest BCUT2D eigenvalue weighted by Crippen LogP contribution is 2.18. The first-order valence-electron chi connectivity index (χ1n) is 3.49. The molecule has 2 aromatic rings. The summed E-state index contributed by atoms with van der Waals surface area (Å²) in [4.78, 5) is 0. The van der Waals surface area contributed by atoms with E-state index in [-0.39, 0.29) is 5.82 Å². The summed E-state index contributed by atoms with van der Waals surface area (Å²) in [5, 5.41) is 9.66. The van der Waals surface area contributed by atoms with E-state index in [0.29, 0.717) is 11.3 Å². The number of aromatic amines is 1. The average molecular weight is 163 g/mol. The summed E-state index contributed by atoms with van der Waals surface area (Å²) in [5.74, 6) is -0.274. The summed E-state index contributed by atoms with van der Waals surface area (Å²) in [7, 11) is 0. The van der Waals surface area contributed by atoms with Gasteiger partial charge in [-0.15, -0.1) is 5.10 Å². The van der Waals surface area contributed by atoms with Crippen molar-refractivity contribution in [1.82, 2.24) is 15.4 Å². The van der Waals surface area contributed by atoms with E-state index >= 15 is 0 Å². The van der Waals surface area contributed by atoms with Crippen molar-refractivity contribution in [3.05, 3.63) is 36.3 Å². The molecule has 4 heteroatoms. The minimum Gasteiger partial charge on any atom is -0.257 e. The highest BCUT2D eigenvalue weighted by atomic mass is 19.1. The SMILES string of the molecule is Fc1ccccc1-c1cnn[nH]1. The summed E-state index contributed by atoms with van der Waals surface area (Å²) >= 11 is 0. The molecule has 0 saturated carbocycles. The molecule has 1 aromatic heterocycles. The lowest BCUT2D eigenvalue weighted by atomic mass is 10.1. The van der Waals surface area contributed by atoms with Crippen molar-refractivity contribution >= 4 is 0 Å². The lowest BCUT2D eigenvalue weighted by molar-refractivity contribution is 0.630. The van der Waals surface area contributed by atoms with Crippen LogP contribution in [0.3, 0.4) is 0 Å². The van der Waals surface area contributed by atoms with Gasteiger partial charge >= 0.3 is 0 Å². The first kappa shape index (κ1) is 6.97. The van der Waals surface area contributed by atoms with Gasteiger partial charge in [0.15, 0.2) is 0 Å². The number of hydrogen-bond acceptors (Lipinski definition) is 2. The van der Waals surface area contributed by atoms with E-state index in [1.807, 2.05) is 0 Å². The maximum absolute atomic E-state index is 13.1. The fourth-order valence-electron chi connectivity index (χ4n) is 1.01. The molecule has 3 nitrogen and oxygen atoms in total. The third kappa shape index (κ3) is 1.07. The molecular formula is C8H6FN3. The summed E-state index contributed by atoms with van der Waals surface area (Å²) in [5.41, 5.74) is 1.08. The van der Waals surface area contributed by atoms with Crippen LogP contribution >= 0.6 is 0 Å². The molecule has 1 aromatic carbocycles. The van der Waals surface area contributed by atoms with E-state index in [4.69, 9.17) is 0 Å². The molecule has 0 aliphatic heterocycles. The Morgan fingerprint density at radius 3 is 2.75 bits per heavy atom. The third-order valence-corrected chi connectivity index (χ3v) is 1.58. The lowest BCUT2D eigenvalue weighted by Crippen LogP contribution is -1.82. The van der Waals surface area contributed by atoms with Crippen LogP contribution in [-0.2, 0) is 0 Å². The van der Waals surface area contributed by atoms with Crippen LogP contribution in [-0.4, -0.2) is 15.4 Å². The predicted octanol–water partition coefficient (Wildman–Crippen LogP) is 1.61. The zero-order chi connectivity index (χ0) is 8.39. The molecule has 0 bridgehead atoms. The first-order valence-corrected chi connectivity index (χ1v) is 3.49. The summed E-state index contributed by atoms with van der Waals surface area (Å²) in [6.07, 6.45) is 1.48. The van der Waals surface area contributed by atoms with Gasteiger partial charge in [0.25, 0.3) is 0 Å². The Hall–Kier alpha value is -1.71. The van der Waals surface area contributed by atoms with Gasteiger partial charge in [-0.25, -0.2) is 4.39 Å². The van der Waals surface area contributed by atoms with E-state index < -0.39 is 0 Å². The lowest BCUT2D eigenvalue weighted by Gasteiger charge is -1.96. The summed E-state index contributed by atoms with van der Waals surface area (Å²) in [6, 6.07) is 6.47. The zero-order valence-electron chi connectivity index (χ0n) is 6.16. The Balaban J connectivity index is 2.55. The third-order valence-electron chi connectivity index (χ3n) is 1.58. The predicted molar refractivity (Wildman–Crippen MR) is 41.8 cm³/mol. The minimum atomic E-state index is -0.274. The molecule has 0 saturated heterocycles. The molecule has 0 amide bonds. The Morgan fingerprint density at radius 2 is 2.08 bits per heavy atom. The first-order chi connectivity index (χ1) is 5.88. The van der Waals surface area contributed by atoms with Crippen LogP contribution in [0.15, 0.2) is 30.5 Å². The van der Waals surface area contributed by atoms with Crippen molar-refractivity contribution in [2.24, 2.45) is 0 Å². The molecule has 2 rings (SSSR count). The Kier molecular flexibility index (Phi) is 1.59. The molecule has 0 unspecified atom stereocenters. The van der Waals surface area contributed by atoms with Crippen molar-refractivity contribution in [2.45, 2.75) is 0 Å². The number of nitrogens with one attached hydrogen (secondary N) is 1. The van der Waals surface area contributed by atoms with Gasteiger partial charge in [-0.05, 0) is 12.1 Å². The van der Waals surface area contributed by atoms with Gasteiger partial charge in [0, 0.05) is 5.56 Å². The number of nitrogens with zero attached hydrogens (tertiary/aromatic N) is 2. The van der Waals surface area contributed by atoms with Crippen LogP contribution in [0.25, 0.3) is 11.3 Å². The Morgan fingerprint density at radius 1 is 1.25 bits per heavy atom. The molecule has 0 spiro atoms. The second-order valence-corrected chi connectivity index (χ2v) is 2.35. The number of H-pyrrole nitrogens is 1. The highest BCUT2D eigenvalue weighted by molar-refractivity contribution is 5.57. The largest absolute Gasteiger partial charge is 0.257 e. The number of rotatable bonds is 1. The van der Waals surface area contributed by atoms with Crippen LogP contribution in [0.4, 0.5) is 4.39 Å². The molecule has 1 heterocycles. The van der Waals surface area contributed by atoms with Crippen molar-refractivity contribution < 1.29 is 4.39 Å². The van der Waals surface area contributed by atoms with Crippen molar-refractivity contribution in [3.8, 4) is 11.3 Å². The Bertz CT molecular complexity index is 370. The van der Waals surface area contributed by atoms with Gasteiger partial charge in [0.05, 0.1) is 11.9 Å². The van der Waals surface area contributed by atoms with E-state index in [1.54, 1.807) is 18.2 Å². The van der Waals surface area contributed by atoms with Gasteiger partial charge in [-0.2, -0.15) is 0 Å². The van der Waals surface area contributed by atoms with Crippen LogP contribution in [0.2, 0.25) is 0 Å². The molecule has 60 valence electrons. The fraction of sp³-hybridized carbons (Fsp3) is 0. The molecule has 0 radical (unpaired) electrons. The van der Waals surface area contributed by atoms with Crippen molar-refractivity contribution in [1.29, 1.82) is 0 Å². The second kappa shape index (κ2) is 2.73. The monoisotopic (exact) mass is 163 g/mol. The summed E-state index contributed by atoms with van der Waals surface area (Å²) < 4.78 is 13.1. The topological polar surface area (TPSA) is 41.6 Å². The highest BCUT2D eigenvalue weighted by Gasteiger charge is 2.03. The maximum atomic E-state index is 13.1. The van der Waals surface area contributed by atoms with E-state index in [2.05, 4.69) is 15.4 Å². The minimum absolute atomic E-state index is 0.274. The van der Waals surface area contributed by atoms with Gasteiger partial charge in [-0.3, -0.25) is 5.10 Å². The number of halogens is 1. The summed E-state index contributed by atoms with van der Waals surface area (Å²) in [6.45, 7) is 0. The van der Waals surface area contributed by atoms with E-state index in [0.717, 1.165) is 0 Å². The van der Waals surface area contributed by atoms with Gasteiger partial charge in [0.2, 0.25) is 0 Å². The zero-order valence-corrected chi connectivity index (χ0v) is 6.16. The molecule has 0 fully saturated rings. The van der Waals surface area contributed by atoms with E-state index in [1.165, 1.54) is 12.3 Å². The van der Waals surface area contributed by atoms with Gasteiger partial charge in [-0.1, -0.05) is 17.3 Å². The second-order valence-electron chi connectivity index (χ2n) is 2.35. The smallest absolute Gasteiger partial charge is 0.132 e. The van der Waals surface area contributed by atoms with Crippen LogP contribution in [0.1, 0.15) is 0 Å². The quantitative estimate of drug-likeness (QED) is 0.693. The van der Waals surface area contributed by atoms with Crippen molar-refractivity contribution in [2.75, 3.05) is 0 Å². The normalized spacial score (nSPS) is 10.1. The number of hydrogen-bond donors (Lipinski definition) is 1. The van der Waals surface area contributed by atoms with Gasteiger partial charge < -0.3 is 0 Å². The maximum Gasteiger partial charge on any atom is 0.132 e. The fourth-order valence-corrected chi connectivity index (χ4v) is 1.01. The molecule has 0 aliphatic carbocycles. The van der Waals surface area contributed by atoms with Crippen LogP contribution in [0.5, 0.6) is 0 Å². The Labute approximate surface area is 68.2 Å². The molecule has 1 N–H and O–H groups in total. The molecule has 12 heavy (non-hydrogen) atoms. The average Bonchev–Trinajstić information content (AvgIpc) is 2.57. The molecule has 0 aliphatic rings. The molecular weight excluding hydrogens is 157 g/mol. The van der Waals surface area contributed by atoms with E-state index in [9.17, 15) is 4.39 Å². The van der Waals surface area contributed by atoms with Crippen LogP contribution < -0.4 is 0 Å². The standard InChI is InChI=1S/C8H6FN3/c9-7-4-2-1-3-6(7)8-5-10-12-11-8/h1-5H,(H,10,11,12). The van der Waals surface area contributed by atoms with Crippen LogP contribution in [0, 0.1) is 5.82 Å². The number of aromatic nitrogens is 3. The van der Waals surface area contributed by atoms with Crippen molar-refractivity contribution in [3.63, 3.8) is 0 Å². The number of benzene rings is 1.